The molecule has 7 heteroatoms. The van der Waals surface area contributed by atoms with Gasteiger partial charge in [0.2, 0.25) is 0 Å². The van der Waals surface area contributed by atoms with Crippen molar-refractivity contribution >= 4 is 23.9 Å². The fourth-order valence-corrected chi connectivity index (χ4v) is 3.40. The molecule has 0 heterocycles. The van der Waals surface area contributed by atoms with E-state index in [1.807, 2.05) is 13.0 Å². The number of rotatable bonds is 13. The highest BCUT2D eigenvalue weighted by molar-refractivity contribution is 6.32. The summed E-state index contributed by atoms with van der Waals surface area (Å²) in [6.07, 6.45) is 4.09. The lowest BCUT2D eigenvalue weighted by atomic mass is 10.0. The van der Waals surface area contributed by atoms with Crippen LogP contribution < -0.4 is 9.47 Å². The Morgan fingerprint density at radius 3 is 2.45 bits per heavy atom. The number of esters is 1. The molecule has 2 aromatic carbocycles. The van der Waals surface area contributed by atoms with Crippen LogP contribution in [0.3, 0.4) is 0 Å². The zero-order chi connectivity index (χ0) is 22.6. The van der Waals surface area contributed by atoms with Gasteiger partial charge in [-0.15, -0.1) is 0 Å². The highest BCUT2D eigenvalue weighted by atomic mass is 35.5. The number of carbonyl (C=O) groups excluding carboxylic acids is 2. The van der Waals surface area contributed by atoms with E-state index in [9.17, 15) is 14.7 Å². The zero-order valence-electron chi connectivity index (χ0n) is 18.0. The van der Waals surface area contributed by atoms with Gasteiger partial charge in [-0.3, -0.25) is 4.79 Å². The number of aryl methyl sites for hydroxylation is 1. The first kappa shape index (κ1) is 24.5. The van der Waals surface area contributed by atoms with Gasteiger partial charge >= 0.3 is 5.97 Å². The first-order chi connectivity index (χ1) is 15.0. The van der Waals surface area contributed by atoms with Crippen LogP contribution in [0.25, 0.3) is 0 Å². The number of halogens is 1. The van der Waals surface area contributed by atoms with Crippen LogP contribution in [0.15, 0.2) is 30.3 Å². The molecule has 0 amide bonds. The van der Waals surface area contributed by atoms with E-state index in [2.05, 4.69) is 4.74 Å². The highest BCUT2D eigenvalue weighted by Gasteiger charge is 2.13. The van der Waals surface area contributed by atoms with Gasteiger partial charge in [-0.25, -0.2) is 0 Å². The Kier molecular flexibility index (Phi) is 10.2. The Labute approximate surface area is 188 Å². The lowest BCUT2D eigenvalue weighted by molar-refractivity contribution is -0.139. The maximum Gasteiger partial charge on any atom is 0.309 e. The van der Waals surface area contributed by atoms with Crippen molar-refractivity contribution < 1.29 is 28.9 Å². The third-order valence-corrected chi connectivity index (χ3v) is 5.03. The molecule has 0 aliphatic heterocycles. The second-order valence-corrected chi connectivity index (χ2v) is 7.48. The van der Waals surface area contributed by atoms with E-state index < -0.39 is 0 Å². The third kappa shape index (κ3) is 7.47. The Morgan fingerprint density at radius 1 is 1.10 bits per heavy atom. The van der Waals surface area contributed by atoms with Gasteiger partial charge in [0, 0.05) is 18.4 Å². The van der Waals surface area contributed by atoms with E-state index in [4.69, 9.17) is 21.1 Å². The first-order valence-electron chi connectivity index (χ1n) is 10.4. The predicted molar refractivity (Wildman–Crippen MR) is 119 cm³/mol. The van der Waals surface area contributed by atoms with Crippen LogP contribution in [0.4, 0.5) is 0 Å². The van der Waals surface area contributed by atoms with E-state index >= 15 is 0 Å². The first-order valence-corrected chi connectivity index (χ1v) is 10.8. The third-order valence-electron chi connectivity index (χ3n) is 4.73. The number of carbonyl (C=O) groups is 2. The molecule has 0 aliphatic rings. The second-order valence-electron chi connectivity index (χ2n) is 7.07. The number of phenolic OH excluding ortho intramolecular Hbond substituents is 1. The van der Waals surface area contributed by atoms with Crippen molar-refractivity contribution in [3.63, 3.8) is 0 Å². The van der Waals surface area contributed by atoms with Crippen molar-refractivity contribution in [3.05, 3.63) is 52.0 Å². The van der Waals surface area contributed by atoms with Gasteiger partial charge < -0.3 is 24.1 Å². The van der Waals surface area contributed by atoms with Crippen molar-refractivity contribution in [1.29, 1.82) is 0 Å². The summed E-state index contributed by atoms with van der Waals surface area (Å²) in [7, 11) is 1.35. The molecule has 0 fully saturated rings. The molecule has 168 valence electrons. The smallest absolute Gasteiger partial charge is 0.309 e. The molecular weight excluding hydrogens is 420 g/mol. The minimum Gasteiger partial charge on any atom is -0.507 e. The quantitative estimate of drug-likeness (QED) is 0.272. The molecule has 0 spiro atoms. The maximum absolute atomic E-state index is 11.3. The van der Waals surface area contributed by atoms with Crippen molar-refractivity contribution in [2.24, 2.45) is 0 Å². The largest absolute Gasteiger partial charge is 0.507 e. The minimum atomic E-state index is -0.327. The summed E-state index contributed by atoms with van der Waals surface area (Å²) < 4.78 is 16.2. The van der Waals surface area contributed by atoms with E-state index in [0.717, 1.165) is 29.4 Å². The maximum atomic E-state index is 11.3. The highest BCUT2D eigenvalue weighted by Crippen LogP contribution is 2.33. The van der Waals surface area contributed by atoms with Crippen LogP contribution in [0.5, 0.6) is 17.2 Å². The standard InChI is InChI=1S/C24H29ClO6/c1-3-6-19-21(11-9-18(24(19)28)7-4-12-26)30-13-5-14-31-22-10-8-17(15-20(22)25)16-23(27)29-2/h8-12,15,28H,3-7,13-14,16H2,1-2H3. The fraction of sp³-hybridized carbons (Fsp3) is 0.417. The second kappa shape index (κ2) is 12.8. The average molecular weight is 449 g/mol. The summed E-state index contributed by atoms with van der Waals surface area (Å²) in [6.45, 7) is 2.86. The van der Waals surface area contributed by atoms with E-state index in [1.165, 1.54) is 7.11 Å². The lowest BCUT2D eigenvalue weighted by Gasteiger charge is -2.15. The molecule has 0 bridgehead atoms. The average Bonchev–Trinajstić information content (AvgIpc) is 2.76. The van der Waals surface area contributed by atoms with E-state index in [-0.39, 0.29) is 18.1 Å². The van der Waals surface area contributed by atoms with Gasteiger partial charge in [0.05, 0.1) is 31.8 Å². The van der Waals surface area contributed by atoms with Gasteiger partial charge in [0.15, 0.2) is 0 Å². The molecule has 0 aliphatic carbocycles. The van der Waals surface area contributed by atoms with Crippen molar-refractivity contribution in [3.8, 4) is 17.2 Å². The topological polar surface area (TPSA) is 82.1 Å². The van der Waals surface area contributed by atoms with Gasteiger partial charge in [-0.1, -0.05) is 37.1 Å². The summed E-state index contributed by atoms with van der Waals surface area (Å²) in [6, 6.07) is 8.86. The van der Waals surface area contributed by atoms with Crippen molar-refractivity contribution in [1.82, 2.24) is 0 Å². The molecule has 0 aromatic heterocycles. The SMILES string of the molecule is CCCc1c(OCCCOc2ccc(CC(=O)OC)cc2Cl)ccc(CCC=O)c1O. The molecule has 2 aromatic rings. The number of hydrogen-bond donors (Lipinski definition) is 1. The van der Waals surface area contributed by atoms with Crippen molar-refractivity contribution in [2.45, 2.75) is 45.4 Å². The minimum absolute atomic E-state index is 0.158. The van der Waals surface area contributed by atoms with Crippen LogP contribution >= 0.6 is 11.6 Å². The number of ether oxygens (including phenoxy) is 3. The van der Waals surface area contributed by atoms with Gasteiger partial charge in [-0.05, 0) is 42.2 Å². The van der Waals surface area contributed by atoms with Gasteiger partial charge in [-0.2, -0.15) is 0 Å². The molecular formula is C24H29ClO6. The number of phenols is 1. The predicted octanol–water partition coefficient (Wildman–Crippen LogP) is 4.69. The van der Waals surface area contributed by atoms with Crippen LogP contribution in [-0.2, 0) is 33.6 Å². The van der Waals surface area contributed by atoms with Crippen LogP contribution in [0.1, 0.15) is 42.9 Å². The number of hydrogen-bond acceptors (Lipinski definition) is 6. The van der Waals surface area contributed by atoms with Crippen LogP contribution in [0.2, 0.25) is 5.02 Å². The summed E-state index contributed by atoms with van der Waals surface area (Å²) >= 11 is 6.23. The molecule has 2 rings (SSSR count). The Morgan fingerprint density at radius 2 is 1.81 bits per heavy atom. The molecule has 1 N–H and O–H groups in total. The number of benzene rings is 2. The van der Waals surface area contributed by atoms with Crippen LogP contribution in [-0.4, -0.2) is 37.7 Å². The number of aldehydes is 1. The van der Waals surface area contributed by atoms with E-state index in [0.29, 0.717) is 55.4 Å². The zero-order valence-corrected chi connectivity index (χ0v) is 18.7. The Balaban J connectivity index is 1.87. The summed E-state index contributed by atoms with van der Waals surface area (Å²) in [5.41, 5.74) is 2.29. The monoisotopic (exact) mass is 448 g/mol. The van der Waals surface area contributed by atoms with Gasteiger partial charge in [0.1, 0.15) is 23.5 Å². The number of aromatic hydroxyl groups is 1. The molecule has 0 radical (unpaired) electrons. The molecule has 0 unspecified atom stereocenters. The van der Waals surface area contributed by atoms with Gasteiger partial charge in [0.25, 0.3) is 0 Å². The summed E-state index contributed by atoms with van der Waals surface area (Å²) in [5.74, 6) is 1.09. The Bertz CT molecular complexity index is 881. The Hall–Kier alpha value is -2.73. The molecule has 0 atom stereocenters. The van der Waals surface area contributed by atoms with E-state index in [1.54, 1.807) is 24.3 Å². The normalized spacial score (nSPS) is 10.5. The molecule has 31 heavy (non-hydrogen) atoms. The van der Waals surface area contributed by atoms with Crippen LogP contribution in [0, 0.1) is 0 Å². The molecule has 0 saturated heterocycles. The molecule has 0 saturated carbocycles. The summed E-state index contributed by atoms with van der Waals surface area (Å²) in [5, 5.41) is 11.0. The molecule has 6 nitrogen and oxygen atoms in total. The lowest BCUT2D eigenvalue weighted by Crippen LogP contribution is -2.07. The summed E-state index contributed by atoms with van der Waals surface area (Å²) in [4.78, 5) is 22.0. The number of methoxy groups -OCH3 is 1. The van der Waals surface area contributed by atoms with Crippen molar-refractivity contribution in [2.75, 3.05) is 20.3 Å². The fourth-order valence-electron chi connectivity index (χ4n) is 3.14.